The van der Waals surface area contributed by atoms with E-state index in [9.17, 15) is 0 Å². The largest absolute Gasteiger partial charge is 0.313 e. The van der Waals surface area contributed by atoms with Gasteiger partial charge < -0.3 is 5.32 Å². The van der Waals surface area contributed by atoms with Crippen LogP contribution in [0.5, 0.6) is 0 Å². The van der Waals surface area contributed by atoms with Crippen molar-refractivity contribution in [2.24, 2.45) is 0 Å². The Kier molecular flexibility index (Phi) is 4.14. The van der Waals surface area contributed by atoms with E-state index in [2.05, 4.69) is 28.9 Å². The molecule has 2 nitrogen and oxygen atoms in total. The SMILES string of the molecule is CCNC1CCCN(C2CCSC2)C1. The van der Waals surface area contributed by atoms with Crippen LogP contribution in [0.4, 0.5) is 0 Å². The Morgan fingerprint density at radius 3 is 3.07 bits per heavy atom. The number of piperidine rings is 1. The molecule has 2 atom stereocenters. The molecule has 2 fully saturated rings. The van der Waals surface area contributed by atoms with Crippen LogP contribution >= 0.6 is 11.8 Å². The number of nitrogens with zero attached hydrogens (tertiary/aromatic N) is 1. The highest BCUT2D eigenvalue weighted by molar-refractivity contribution is 7.99. The lowest BCUT2D eigenvalue weighted by Crippen LogP contribution is -2.49. The molecule has 2 aliphatic heterocycles. The Hall–Kier alpha value is 0.270. The molecule has 0 aromatic heterocycles. The molecular weight excluding hydrogens is 192 g/mol. The van der Waals surface area contributed by atoms with Crippen LogP contribution in [-0.2, 0) is 0 Å². The van der Waals surface area contributed by atoms with E-state index < -0.39 is 0 Å². The van der Waals surface area contributed by atoms with Crippen molar-refractivity contribution < 1.29 is 0 Å². The number of hydrogen-bond acceptors (Lipinski definition) is 3. The van der Waals surface area contributed by atoms with Crippen molar-refractivity contribution in [1.82, 2.24) is 10.2 Å². The molecule has 0 amide bonds. The summed E-state index contributed by atoms with van der Waals surface area (Å²) in [5, 5.41) is 3.59. The van der Waals surface area contributed by atoms with Gasteiger partial charge in [0.2, 0.25) is 0 Å². The van der Waals surface area contributed by atoms with Gasteiger partial charge in [0, 0.05) is 24.4 Å². The van der Waals surface area contributed by atoms with Crippen molar-refractivity contribution in [2.45, 2.75) is 38.3 Å². The van der Waals surface area contributed by atoms with Gasteiger partial charge in [-0.2, -0.15) is 11.8 Å². The van der Waals surface area contributed by atoms with Crippen LogP contribution in [0.1, 0.15) is 26.2 Å². The highest BCUT2D eigenvalue weighted by Gasteiger charge is 2.27. The second-order valence-electron chi connectivity index (χ2n) is 4.41. The van der Waals surface area contributed by atoms with Crippen LogP contribution in [-0.4, -0.2) is 48.1 Å². The number of hydrogen-bond donors (Lipinski definition) is 1. The lowest BCUT2D eigenvalue weighted by atomic mass is 10.0. The second-order valence-corrected chi connectivity index (χ2v) is 5.56. The summed E-state index contributed by atoms with van der Waals surface area (Å²) in [7, 11) is 0. The Morgan fingerprint density at radius 1 is 1.43 bits per heavy atom. The van der Waals surface area contributed by atoms with Crippen molar-refractivity contribution in [3.05, 3.63) is 0 Å². The lowest BCUT2D eigenvalue weighted by Gasteiger charge is -2.36. The maximum Gasteiger partial charge on any atom is 0.0195 e. The number of thioether (sulfide) groups is 1. The van der Waals surface area contributed by atoms with Crippen molar-refractivity contribution in [3.63, 3.8) is 0 Å². The summed E-state index contributed by atoms with van der Waals surface area (Å²) in [6, 6.07) is 1.65. The molecule has 2 unspecified atom stereocenters. The fraction of sp³-hybridized carbons (Fsp3) is 1.00. The number of likely N-dealkylation sites (N-methyl/N-ethyl adjacent to an activating group) is 1. The topological polar surface area (TPSA) is 15.3 Å². The fourth-order valence-electron chi connectivity index (χ4n) is 2.60. The summed E-state index contributed by atoms with van der Waals surface area (Å²) >= 11 is 2.13. The summed E-state index contributed by atoms with van der Waals surface area (Å²) in [6.07, 6.45) is 4.19. The molecule has 0 bridgehead atoms. The molecule has 2 saturated heterocycles. The van der Waals surface area contributed by atoms with E-state index in [1.54, 1.807) is 0 Å². The van der Waals surface area contributed by atoms with E-state index in [1.807, 2.05) is 0 Å². The lowest BCUT2D eigenvalue weighted by molar-refractivity contribution is 0.149. The maximum atomic E-state index is 3.59. The molecule has 2 heterocycles. The minimum Gasteiger partial charge on any atom is -0.313 e. The molecule has 3 heteroatoms. The highest BCUT2D eigenvalue weighted by atomic mass is 32.2. The van der Waals surface area contributed by atoms with Crippen molar-refractivity contribution in [3.8, 4) is 0 Å². The van der Waals surface area contributed by atoms with Gasteiger partial charge in [-0.3, -0.25) is 4.90 Å². The quantitative estimate of drug-likeness (QED) is 0.768. The molecule has 82 valence electrons. The van der Waals surface area contributed by atoms with Crippen molar-refractivity contribution in [2.75, 3.05) is 31.1 Å². The molecule has 0 radical (unpaired) electrons. The fourth-order valence-corrected chi connectivity index (χ4v) is 3.86. The van der Waals surface area contributed by atoms with Gasteiger partial charge in [0.25, 0.3) is 0 Å². The number of nitrogens with one attached hydrogen (secondary N) is 1. The van der Waals surface area contributed by atoms with Crippen LogP contribution in [0.3, 0.4) is 0 Å². The van der Waals surface area contributed by atoms with Gasteiger partial charge in [-0.05, 0) is 38.1 Å². The normalized spacial score (nSPS) is 34.9. The Bertz CT molecular complexity index is 167. The average Bonchev–Trinajstić information content (AvgIpc) is 2.71. The summed E-state index contributed by atoms with van der Waals surface area (Å²) in [6.45, 7) is 5.97. The molecule has 2 aliphatic rings. The van der Waals surface area contributed by atoms with Crippen LogP contribution in [0.15, 0.2) is 0 Å². The van der Waals surface area contributed by atoms with E-state index in [1.165, 1.54) is 43.9 Å². The number of likely N-dealkylation sites (tertiary alicyclic amines) is 1. The van der Waals surface area contributed by atoms with Crippen molar-refractivity contribution in [1.29, 1.82) is 0 Å². The molecule has 2 rings (SSSR count). The van der Waals surface area contributed by atoms with E-state index >= 15 is 0 Å². The molecular formula is C11H22N2S. The van der Waals surface area contributed by atoms with Gasteiger partial charge in [0.1, 0.15) is 0 Å². The first-order valence-corrected chi connectivity index (χ1v) is 7.11. The minimum atomic E-state index is 0.763. The van der Waals surface area contributed by atoms with E-state index in [0.29, 0.717) is 0 Å². The first-order chi connectivity index (χ1) is 6.90. The molecule has 0 aliphatic carbocycles. The summed E-state index contributed by atoms with van der Waals surface area (Å²) < 4.78 is 0. The zero-order valence-corrected chi connectivity index (χ0v) is 9.98. The molecule has 1 N–H and O–H groups in total. The zero-order valence-electron chi connectivity index (χ0n) is 9.17. The maximum absolute atomic E-state index is 3.59. The van der Waals surface area contributed by atoms with Gasteiger partial charge in [-0.1, -0.05) is 6.92 Å². The zero-order chi connectivity index (χ0) is 9.80. The smallest absolute Gasteiger partial charge is 0.0195 e. The predicted molar refractivity (Wildman–Crippen MR) is 64.0 cm³/mol. The summed E-state index contributed by atoms with van der Waals surface area (Å²) in [4.78, 5) is 2.72. The van der Waals surface area contributed by atoms with Crippen LogP contribution in [0.2, 0.25) is 0 Å². The van der Waals surface area contributed by atoms with Gasteiger partial charge >= 0.3 is 0 Å². The van der Waals surface area contributed by atoms with E-state index in [0.717, 1.165) is 18.6 Å². The van der Waals surface area contributed by atoms with Crippen LogP contribution in [0.25, 0.3) is 0 Å². The third-order valence-corrected chi connectivity index (χ3v) is 4.51. The standard InChI is InChI=1S/C11H22N2S/c1-2-12-10-4-3-6-13(8-10)11-5-7-14-9-11/h10-12H,2-9H2,1H3. The first kappa shape index (κ1) is 10.8. The van der Waals surface area contributed by atoms with Crippen LogP contribution in [0, 0.1) is 0 Å². The van der Waals surface area contributed by atoms with Gasteiger partial charge in [0.05, 0.1) is 0 Å². The van der Waals surface area contributed by atoms with Crippen LogP contribution < -0.4 is 5.32 Å². The predicted octanol–water partition coefficient (Wildman–Crippen LogP) is 1.57. The molecule has 0 aromatic carbocycles. The van der Waals surface area contributed by atoms with E-state index in [-0.39, 0.29) is 0 Å². The van der Waals surface area contributed by atoms with Crippen molar-refractivity contribution >= 4 is 11.8 Å². The van der Waals surface area contributed by atoms with E-state index in [4.69, 9.17) is 0 Å². The highest BCUT2D eigenvalue weighted by Crippen LogP contribution is 2.24. The minimum absolute atomic E-state index is 0.763. The average molecular weight is 214 g/mol. The first-order valence-electron chi connectivity index (χ1n) is 5.95. The molecule has 14 heavy (non-hydrogen) atoms. The summed E-state index contributed by atoms with van der Waals surface area (Å²) in [5.41, 5.74) is 0. The molecule has 0 aromatic rings. The van der Waals surface area contributed by atoms with Gasteiger partial charge in [-0.25, -0.2) is 0 Å². The second kappa shape index (κ2) is 5.38. The third kappa shape index (κ3) is 2.65. The number of rotatable bonds is 3. The molecule has 0 spiro atoms. The molecule has 0 saturated carbocycles. The third-order valence-electron chi connectivity index (χ3n) is 3.37. The van der Waals surface area contributed by atoms with Gasteiger partial charge in [-0.15, -0.1) is 0 Å². The Balaban J connectivity index is 1.80. The Labute approximate surface area is 91.8 Å². The Morgan fingerprint density at radius 2 is 2.36 bits per heavy atom. The van der Waals surface area contributed by atoms with Gasteiger partial charge in [0.15, 0.2) is 0 Å². The summed E-state index contributed by atoms with van der Waals surface area (Å²) in [5.74, 6) is 2.76. The monoisotopic (exact) mass is 214 g/mol.